The van der Waals surface area contributed by atoms with Crippen molar-refractivity contribution in [2.75, 3.05) is 6.54 Å². The monoisotopic (exact) mass is 243 g/mol. The molecule has 1 nitrogen and oxygen atoms in total. The largest absolute Gasteiger partial charge is 0.317 e. The minimum absolute atomic E-state index is 0.528. The third-order valence-corrected chi connectivity index (χ3v) is 2.48. The predicted octanol–water partition coefficient (Wildman–Crippen LogP) is 3.56. The summed E-state index contributed by atoms with van der Waals surface area (Å²) in [4.78, 5) is 3.29. The Bertz CT molecular complexity index is 317. The number of rotatable bonds is 2. The van der Waals surface area contributed by atoms with E-state index in [1.165, 1.54) is 0 Å². The first-order valence-corrected chi connectivity index (χ1v) is 4.68. The lowest BCUT2D eigenvalue weighted by atomic mass is 10.1. The SMILES string of the molecule is [C-]#[N+]CCc1ccc(Cl)cc1Br. The second kappa shape index (κ2) is 4.49. The van der Waals surface area contributed by atoms with E-state index in [0.717, 1.165) is 16.5 Å². The van der Waals surface area contributed by atoms with Gasteiger partial charge in [0.15, 0.2) is 0 Å². The van der Waals surface area contributed by atoms with Crippen LogP contribution in [0.25, 0.3) is 4.85 Å². The van der Waals surface area contributed by atoms with Gasteiger partial charge in [0, 0.05) is 15.9 Å². The maximum atomic E-state index is 6.65. The van der Waals surface area contributed by atoms with Crippen molar-refractivity contribution in [3.63, 3.8) is 0 Å². The molecule has 0 spiro atoms. The van der Waals surface area contributed by atoms with Crippen molar-refractivity contribution in [3.05, 3.63) is 44.7 Å². The van der Waals surface area contributed by atoms with Crippen molar-refractivity contribution in [1.82, 2.24) is 0 Å². The fourth-order valence-electron chi connectivity index (χ4n) is 0.901. The average Bonchev–Trinajstić information content (AvgIpc) is 2.03. The molecule has 0 N–H and O–H groups in total. The molecular formula is C9H7BrClN. The molecule has 0 heterocycles. The summed E-state index contributed by atoms with van der Waals surface area (Å²) in [6.45, 7) is 7.18. The quantitative estimate of drug-likeness (QED) is 0.701. The molecule has 12 heavy (non-hydrogen) atoms. The van der Waals surface area contributed by atoms with Gasteiger partial charge < -0.3 is 4.85 Å². The van der Waals surface area contributed by atoms with Crippen LogP contribution in [0.1, 0.15) is 5.56 Å². The molecule has 0 aromatic heterocycles. The van der Waals surface area contributed by atoms with Crippen LogP contribution in [-0.2, 0) is 6.42 Å². The maximum Gasteiger partial charge on any atom is 0.218 e. The summed E-state index contributed by atoms with van der Waals surface area (Å²) < 4.78 is 0.985. The summed E-state index contributed by atoms with van der Waals surface area (Å²) in [5.74, 6) is 0. The maximum absolute atomic E-state index is 6.65. The molecule has 0 saturated carbocycles. The van der Waals surface area contributed by atoms with Crippen LogP contribution in [0.3, 0.4) is 0 Å². The molecule has 0 atom stereocenters. The fraction of sp³-hybridized carbons (Fsp3) is 0.222. The number of hydrogen-bond donors (Lipinski definition) is 0. The summed E-state index contributed by atoms with van der Waals surface area (Å²) in [5.41, 5.74) is 1.13. The Morgan fingerprint density at radius 1 is 1.50 bits per heavy atom. The highest BCUT2D eigenvalue weighted by atomic mass is 79.9. The smallest absolute Gasteiger partial charge is 0.218 e. The van der Waals surface area contributed by atoms with Gasteiger partial charge in [0.25, 0.3) is 0 Å². The Balaban J connectivity index is 2.81. The van der Waals surface area contributed by atoms with E-state index >= 15 is 0 Å². The molecule has 3 heteroatoms. The topological polar surface area (TPSA) is 4.36 Å². The van der Waals surface area contributed by atoms with Gasteiger partial charge in [0.2, 0.25) is 6.54 Å². The van der Waals surface area contributed by atoms with E-state index in [9.17, 15) is 0 Å². The first-order chi connectivity index (χ1) is 5.74. The zero-order chi connectivity index (χ0) is 8.97. The Morgan fingerprint density at radius 2 is 2.25 bits per heavy atom. The molecule has 0 amide bonds. The number of benzene rings is 1. The first-order valence-electron chi connectivity index (χ1n) is 3.51. The molecule has 0 unspecified atom stereocenters. The standard InChI is InChI=1S/C9H7BrClN/c1-12-5-4-7-2-3-8(11)6-9(7)10/h2-3,6H,4-5H2. The van der Waals surface area contributed by atoms with Gasteiger partial charge in [-0.05, 0) is 17.7 Å². The van der Waals surface area contributed by atoms with Gasteiger partial charge >= 0.3 is 0 Å². The molecule has 0 aliphatic rings. The summed E-state index contributed by atoms with van der Waals surface area (Å²) in [7, 11) is 0. The highest BCUT2D eigenvalue weighted by molar-refractivity contribution is 9.10. The van der Waals surface area contributed by atoms with Gasteiger partial charge in [-0.3, -0.25) is 0 Å². The van der Waals surface area contributed by atoms with Crippen molar-refractivity contribution in [1.29, 1.82) is 0 Å². The van der Waals surface area contributed by atoms with E-state index < -0.39 is 0 Å². The lowest BCUT2D eigenvalue weighted by Gasteiger charge is -1.99. The van der Waals surface area contributed by atoms with E-state index in [4.69, 9.17) is 18.2 Å². The van der Waals surface area contributed by atoms with Crippen LogP contribution in [0.15, 0.2) is 22.7 Å². The number of hydrogen-bond acceptors (Lipinski definition) is 0. The summed E-state index contributed by atoms with van der Waals surface area (Å²) in [6, 6.07) is 5.63. The van der Waals surface area contributed by atoms with Gasteiger partial charge in [-0.25, -0.2) is 6.57 Å². The van der Waals surface area contributed by atoms with Crippen LogP contribution in [0, 0.1) is 6.57 Å². The van der Waals surface area contributed by atoms with E-state index in [2.05, 4.69) is 20.8 Å². The van der Waals surface area contributed by atoms with Crippen molar-refractivity contribution in [2.45, 2.75) is 6.42 Å². The van der Waals surface area contributed by atoms with E-state index in [0.29, 0.717) is 11.6 Å². The Labute approximate surface area is 85.3 Å². The van der Waals surface area contributed by atoms with Crippen molar-refractivity contribution >= 4 is 27.5 Å². The van der Waals surface area contributed by atoms with Crippen molar-refractivity contribution in [3.8, 4) is 0 Å². The zero-order valence-electron chi connectivity index (χ0n) is 6.35. The molecule has 0 aliphatic carbocycles. The Hall–Kier alpha value is -0.520. The fourth-order valence-corrected chi connectivity index (χ4v) is 1.78. The second-order valence-corrected chi connectivity index (χ2v) is 3.66. The van der Waals surface area contributed by atoms with Gasteiger partial charge in [0.1, 0.15) is 0 Å². The molecule has 0 radical (unpaired) electrons. The number of halogens is 2. The molecule has 1 aromatic rings. The highest BCUT2D eigenvalue weighted by Gasteiger charge is 2.00. The number of nitrogens with zero attached hydrogens (tertiary/aromatic N) is 1. The zero-order valence-corrected chi connectivity index (χ0v) is 8.69. The normalized spacial score (nSPS) is 9.42. The van der Waals surface area contributed by atoms with E-state index in [1.807, 2.05) is 18.2 Å². The molecule has 0 aliphatic heterocycles. The Kier molecular flexibility index (Phi) is 3.58. The molecule has 62 valence electrons. The van der Waals surface area contributed by atoms with Crippen LogP contribution in [-0.4, -0.2) is 6.54 Å². The second-order valence-electron chi connectivity index (χ2n) is 2.37. The third kappa shape index (κ3) is 2.51. The van der Waals surface area contributed by atoms with Gasteiger partial charge in [-0.1, -0.05) is 33.6 Å². The van der Waals surface area contributed by atoms with Crippen LogP contribution in [0.4, 0.5) is 0 Å². The Morgan fingerprint density at radius 3 is 2.83 bits per heavy atom. The third-order valence-electron chi connectivity index (χ3n) is 1.51. The summed E-state index contributed by atoms with van der Waals surface area (Å²) in [5, 5.41) is 0.716. The van der Waals surface area contributed by atoms with E-state index in [-0.39, 0.29) is 0 Å². The van der Waals surface area contributed by atoms with Gasteiger partial charge in [0.05, 0.1) is 0 Å². The minimum atomic E-state index is 0.528. The highest BCUT2D eigenvalue weighted by Crippen LogP contribution is 2.21. The molecule has 0 fully saturated rings. The van der Waals surface area contributed by atoms with Crippen LogP contribution < -0.4 is 0 Å². The van der Waals surface area contributed by atoms with Crippen molar-refractivity contribution in [2.24, 2.45) is 0 Å². The molecule has 0 saturated heterocycles. The molecule has 1 rings (SSSR count). The minimum Gasteiger partial charge on any atom is -0.317 e. The molecule has 0 bridgehead atoms. The van der Waals surface area contributed by atoms with Crippen LogP contribution in [0.2, 0.25) is 5.02 Å². The molecular weight excluding hydrogens is 237 g/mol. The lowest BCUT2D eigenvalue weighted by Crippen LogP contribution is -1.88. The lowest BCUT2D eigenvalue weighted by molar-refractivity contribution is 1.07. The predicted molar refractivity (Wildman–Crippen MR) is 54.3 cm³/mol. The van der Waals surface area contributed by atoms with Crippen molar-refractivity contribution < 1.29 is 0 Å². The summed E-state index contributed by atoms with van der Waals surface area (Å²) >= 11 is 9.15. The average molecular weight is 245 g/mol. The van der Waals surface area contributed by atoms with Gasteiger partial charge in [-0.15, -0.1) is 0 Å². The summed E-state index contributed by atoms with van der Waals surface area (Å²) in [6.07, 6.45) is 0.779. The van der Waals surface area contributed by atoms with E-state index in [1.54, 1.807) is 0 Å². The van der Waals surface area contributed by atoms with Gasteiger partial charge in [-0.2, -0.15) is 0 Å². The molecule has 1 aromatic carbocycles. The first kappa shape index (κ1) is 9.57. The van der Waals surface area contributed by atoms with Crippen LogP contribution >= 0.6 is 27.5 Å². The van der Waals surface area contributed by atoms with Crippen LogP contribution in [0.5, 0.6) is 0 Å².